The Morgan fingerprint density at radius 1 is 1.45 bits per heavy atom. The Labute approximate surface area is 132 Å². The van der Waals surface area contributed by atoms with Gasteiger partial charge in [-0.1, -0.05) is 24.1 Å². The lowest BCUT2D eigenvalue weighted by Crippen LogP contribution is -2.44. The Balaban J connectivity index is 2.23. The maximum absolute atomic E-state index is 12.7. The molecule has 1 aromatic carbocycles. The van der Waals surface area contributed by atoms with Gasteiger partial charge in [-0.2, -0.15) is 0 Å². The molecule has 2 rings (SSSR count). The highest BCUT2D eigenvalue weighted by Gasteiger charge is 2.28. The minimum Gasteiger partial charge on any atom is -0.409 e. The predicted molar refractivity (Wildman–Crippen MR) is 85.9 cm³/mol. The van der Waals surface area contributed by atoms with Gasteiger partial charge >= 0.3 is 0 Å². The van der Waals surface area contributed by atoms with Crippen LogP contribution in [0.2, 0.25) is 0 Å². The van der Waals surface area contributed by atoms with Crippen LogP contribution in [0.3, 0.4) is 0 Å². The van der Waals surface area contributed by atoms with E-state index in [0.29, 0.717) is 5.56 Å². The van der Waals surface area contributed by atoms with E-state index in [2.05, 4.69) is 27.7 Å². The topological polar surface area (TPSA) is 78.9 Å². The molecule has 0 aromatic heterocycles. The van der Waals surface area contributed by atoms with Crippen LogP contribution in [0.15, 0.2) is 29.4 Å². The second-order valence-electron chi connectivity index (χ2n) is 4.97. The van der Waals surface area contributed by atoms with Crippen molar-refractivity contribution in [3.8, 4) is 0 Å². The fourth-order valence-corrected chi connectivity index (χ4v) is 3.12. The van der Waals surface area contributed by atoms with E-state index in [4.69, 9.17) is 10.9 Å². The summed E-state index contributed by atoms with van der Waals surface area (Å²) in [5.74, 6) is 0.0119. The van der Waals surface area contributed by atoms with E-state index in [1.807, 2.05) is 18.2 Å². The van der Waals surface area contributed by atoms with E-state index >= 15 is 0 Å². The Bertz CT molecular complexity index is 513. The Kier molecular flexibility index (Phi) is 5.22. The van der Waals surface area contributed by atoms with E-state index in [1.54, 1.807) is 11.0 Å². The largest absolute Gasteiger partial charge is 0.409 e. The third-order valence-electron chi connectivity index (χ3n) is 3.56. The van der Waals surface area contributed by atoms with E-state index in [-0.39, 0.29) is 24.3 Å². The molecule has 1 aliphatic rings. The second-order valence-corrected chi connectivity index (χ2v) is 6.22. The highest BCUT2D eigenvalue weighted by Crippen LogP contribution is 2.25. The highest BCUT2D eigenvalue weighted by atomic mass is 127. The number of amides is 1. The quantitative estimate of drug-likeness (QED) is 0.274. The van der Waals surface area contributed by atoms with E-state index < -0.39 is 0 Å². The van der Waals surface area contributed by atoms with Gasteiger partial charge < -0.3 is 15.8 Å². The lowest BCUT2D eigenvalue weighted by molar-refractivity contribution is 0.0712. The van der Waals surface area contributed by atoms with Gasteiger partial charge in [-0.3, -0.25) is 4.79 Å². The van der Waals surface area contributed by atoms with Crippen molar-refractivity contribution in [2.75, 3.05) is 6.54 Å². The van der Waals surface area contributed by atoms with Crippen molar-refractivity contribution >= 4 is 34.3 Å². The van der Waals surface area contributed by atoms with E-state index in [1.165, 1.54) is 0 Å². The van der Waals surface area contributed by atoms with E-state index in [9.17, 15) is 4.79 Å². The van der Waals surface area contributed by atoms with Crippen LogP contribution in [0.1, 0.15) is 36.0 Å². The summed E-state index contributed by atoms with van der Waals surface area (Å²) in [7, 11) is 0. The number of nitrogens with two attached hydrogens (primary N) is 1. The monoisotopic (exact) mass is 387 g/mol. The van der Waals surface area contributed by atoms with Crippen LogP contribution in [0.25, 0.3) is 0 Å². The van der Waals surface area contributed by atoms with Crippen LogP contribution in [0, 0.1) is 3.57 Å². The molecule has 1 aliphatic carbocycles. The van der Waals surface area contributed by atoms with Crippen molar-refractivity contribution in [1.29, 1.82) is 0 Å². The summed E-state index contributed by atoms with van der Waals surface area (Å²) in [5, 5.41) is 11.7. The molecular weight excluding hydrogens is 369 g/mol. The fraction of sp³-hybridized carbons (Fsp3) is 0.429. The number of carbonyl (C=O) groups is 1. The minimum absolute atomic E-state index is 0.0537. The number of amidine groups is 1. The molecular formula is C14H18IN3O2. The lowest BCUT2D eigenvalue weighted by atomic mass is 10.1. The third kappa shape index (κ3) is 3.62. The molecule has 0 bridgehead atoms. The molecule has 20 heavy (non-hydrogen) atoms. The van der Waals surface area contributed by atoms with Crippen LogP contribution < -0.4 is 5.73 Å². The van der Waals surface area contributed by atoms with Crippen molar-refractivity contribution in [3.63, 3.8) is 0 Å². The van der Waals surface area contributed by atoms with Crippen LogP contribution in [0.4, 0.5) is 0 Å². The summed E-state index contributed by atoms with van der Waals surface area (Å²) in [6.07, 6.45) is 4.20. The van der Waals surface area contributed by atoms with Crippen molar-refractivity contribution in [2.45, 2.75) is 31.7 Å². The van der Waals surface area contributed by atoms with Gasteiger partial charge in [0.2, 0.25) is 0 Å². The molecule has 0 heterocycles. The smallest absolute Gasteiger partial charge is 0.254 e. The number of carbonyl (C=O) groups excluding carboxylic acids is 1. The third-order valence-corrected chi connectivity index (χ3v) is 4.23. The second kappa shape index (κ2) is 6.92. The molecule has 6 heteroatoms. The maximum atomic E-state index is 12.7. The van der Waals surface area contributed by atoms with Crippen LogP contribution >= 0.6 is 22.6 Å². The van der Waals surface area contributed by atoms with Crippen molar-refractivity contribution in [1.82, 2.24) is 4.90 Å². The van der Waals surface area contributed by atoms with Gasteiger partial charge in [0.05, 0.1) is 6.54 Å². The number of rotatable bonds is 4. The molecule has 1 fully saturated rings. The molecule has 3 N–H and O–H groups in total. The Hall–Kier alpha value is -1.31. The molecule has 1 saturated carbocycles. The number of benzene rings is 1. The van der Waals surface area contributed by atoms with Gasteiger partial charge in [0.15, 0.2) is 5.84 Å². The first-order chi connectivity index (χ1) is 9.61. The number of nitrogens with zero attached hydrogens (tertiary/aromatic N) is 2. The zero-order chi connectivity index (χ0) is 14.5. The molecule has 108 valence electrons. The predicted octanol–water partition coefficient (Wildman–Crippen LogP) is 2.42. The maximum Gasteiger partial charge on any atom is 0.254 e. The summed E-state index contributed by atoms with van der Waals surface area (Å²) in [5.41, 5.74) is 6.24. The molecule has 0 saturated heterocycles. The molecule has 0 atom stereocenters. The molecule has 0 aliphatic heterocycles. The molecule has 1 aromatic rings. The normalized spacial score (nSPS) is 16.4. The Morgan fingerprint density at radius 3 is 2.75 bits per heavy atom. The molecule has 0 radical (unpaired) electrons. The van der Waals surface area contributed by atoms with Gasteiger partial charge in [0.1, 0.15) is 0 Å². The summed E-state index contributed by atoms with van der Waals surface area (Å²) in [6.45, 7) is 0.172. The lowest BCUT2D eigenvalue weighted by Gasteiger charge is -2.28. The fourth-order valence-electron chi connectivity index (χ4n) is 2.58. The van der Waals surface area contributed by atoms with E-state index in [0.717, 1.165) is 29.3 Å². The van der Waals surface area contributed by atoms with Gasteiger partial charge in [-0.25, -0.2) is 0 Å². The average molecular weight is 387 g/mol. The van der Waals surface area contributed by atoms with Crippen LogP contribution in [-0.4, -0.2) is 34.4 Å². The molecule has 0 spiro atoms. The Morgan fingerprint density at radius 2 is 2.15 bits per heavy atom. The number of halogens is 1. The summed E-state index contributed by atoms with van der Waals surface area (Å²) >= 11 is 2.18. The van der Waals surface area contributed by atoms with Crippen molar-refractivity contribution in [3.05, 3.63) is 33.4 Å². The minimum atomic E-state index is -0.0537. The number of oxime groups is 1. The summed E-state index contributed by atoms with van der Waals surface area (Å²) in [4.78, 5) is 14.4. The zero-order valence-corrected chi connectivity index (χ0v) is 13.3. The first-order valence-corrected chi connectivity index (χ1v) is 7.72. The van der Waals surface area contributed by atoms with Gasteiger partial charge in [0, 0.05) is 15.2 Å². The number of hydrogen-bond donors (Lipinski definition) is 2. The molecule has 0 unspecified atom stereocenters. The van der Waals surface area contributed by atoms with Crippen LogP contribution in [-0.2, 0) is 0 Å². The van der Waals surface area contributed by atoms with Crippen molar-refractivity contribution in [2.24, 2.45) is 10.9 Å². The molecule has 1 amide bonds. The molecule has 5 nitrogen and oxygen atoms in total. The summed E-state index contributed by atoms with van der Waals surface area (Å²) < 4.78 is 1.02. The van der Waals surface area contributed by atoms with Gasteiger partial charge in [0.25, 0.3) is 5.91 Å². The van der Waals surface area contributed by atoms with Crippen LogP contribution in [0.5, 0.6) is 0 Å². The number of hydrogen-bond acceptors (Lipinski definition) is 3. The van der Waals surface area contributed by atoms with Crippen molar-refractivity contribution < 1.29 is 10.0 Å². The standard InChI is InChI=1S/C14H18IN3O2/c15-11-5-3-4-10(8-11)14(19)18(9-13(16)17-20)12-6-1-2-7-12/h3-5,8,12,20H,1-2,6-7,9H2,(H2,16,17). The SMILES string of the molecule is NC(CN(C(=O)c1cccc(I)c1)C1CCCC1)=NO. The average Bonchev–Trinajstić information content (AvgIpc) is 2.97. The first-order valence-electron chi connectivity index (χ1n) is 6.64. The summed E-state index contributed by atoms with van der Waals surface area (Å²) in [6, 6.07) is 7.66. The van der Waals surface area contributed by atoms with Gasteiger partial charge in [-0.15, -0.1) is 0 Å². The van der Waals surface area contributed by atoms with Gasteiger partial charge in [-0.05, 0) is 53.6 Å². The first kappa shape index (κ1) is 15.1. The highest BCUT2D eigenvalue weighted by molar-refractivity contribution is 14.1. The zero-order valence-electron chi connectivity index (χ0n) is 11.1.